The fourth-order valence-electron chi connectivity index (χ4n) is 6.05. The summed E-state index contributed by atoms with van der Waals surface area (Å²) in [7, 11) is 0. The molecule has 0 saturated carbocycles. The molecule has 1 amide bonds. The summed E-state index contributed by atoms with van der Waals surface area (Å²) in [6, 6.07) is 12.3. The summed E-state index contributed by atoms with van der Waals surface area (Å²) in [5.74, 6) is 2.41. The van der Waals surface area contributed by atoms with E-state index in [-0.39, 0.29) is 11.9 Å². The van der Waals surface area contributed by atoms with Gasteiger partial charge in [-0.15, -0.1) is 0 Å². The van der Waals surface area contributed by atoms with E-state index in [1.807, 2.05) is 37.3 Å². The van der Waals surface area contributed by atoms with Crippen molar-refractivity contribution in [2.24, 2.45) is 0 Å². The lowest BCUT2D eigenvalue weighted by molar-refractivity contribution is -0.126. The molecule has 0 radical (unpaired) electrons. The fraction of sp³-hybridized carbons (Fsp3) is 0.303. The number of aryl methyl sites for hydroxylation is 1. The number of amides is 1. The Morgan fingerprint density at radius 3 is 2.73 bits per heavy atom. The second-order valence-electron chi connectivity index (χ2n) is 11.1. The highest BCUT2D eigenvalue weighted by Gasteiger charge is 2.26. The molecule has 7 rings (SSSR count). The van der Waals surface area contributed by atoms with Gasteiger partial charge in [0.1, 0.15) is 22.8 Å². The van der Waals surface area contributed by atoms with Crippen molar-refractivity contribution in [3.63, 3.8) is 0 Å². The molecule has 2 aliphatic rings. The van der Waals surface area contributed by atoms with Crippen LogP contribution >= 0.6 is 0 Å². The van der Waals surface area contributed by atoms with Crippen LogP contribution in [0.5, 0.6) is 23.4 Å². The number of fused-ring (bicyclic) bond motifs is 3. The van der Waals surface area contributed by atoms with Crippen LogP contribution in [0.4, 0.5) is 5.82 Å². The molecule has 1 N–H and O–H groups in total. The van der Waals surface area contributed by atoms with E-state index in [0.29, 0.717) is 49.1 Å². The number of H-pyrrole nitrogens is 1. The smallest absolute Gasteiger partial charge is 0.324 e. The number of pyridine rings is 1. The number of ether oxygens (including phenoxy) is 2. The SMILES string of the molecule is C=CC(=O)N1CCN(c2nc(Oc3cccc4c3CCN(CC)C4)nc3c(Oc4c(C)ccc5[nH]ncc45)nccc23)CC1. The van der Waals surface area contributed by atoms with Gasteiger partial charge < -0.3 is 19.3 Å². The van der Waals surface area contributed by atoms with Gasteiger partial charge in [0.25, 0.3) is 0 Å². The lowest BCUT2D eigenvalue weighted by atomic mass is 9.99. The highest BCUT2D eigenvalue weighted by Crippen LogP contribution is 2.38. The summed E-state index contributed by atoms with van der Waals surface area (Å²) in [5.41, 5.74) is 4.80. The van der Waals surface area contributed by atoms with Gasteiger partial charge in [0.05, 0.1) is 22.5 Å². The normalized spacial score (nSPS) is 15.4. The van der Waals surface area contributed by atoms with Crippen LogP contribution in [0.3, 0.4) is 0 Å². The lowest BCUT2D eigenvalue weighted by Gasteiger charge is -2.35. The Morgan fingerprint density at radius 1 is 1.05 bits per heavy atom. The third-order valence-corrected chi connectivity index (χ3v) is 8.53. The Morgan fingerprint density at radius 2 is 1.91 bits per heavy atom. The van der Waals surface area contributed by atoms with Crippen molar-refractivity contribution in [1.29, 1.82) is 0 Å². The molecule has 0 spiro atoms. The predicted octanol–water partition coefficient (Wildman–Crippen LogP) is 5.01. The van der Waals surface area contributed by atoms with Crippen LogP contribution in [0.25, 0.3) is 21.8 Å². The molecule has 0 atom stereocenters. The standard InChI is InChI=1S/C33H34N8O3/c1-4-28(42)40-15-17-41(18-16-40)31-24-11-13-34-32(44-30-21(3)9-10-26-25(30)19-35-38-26)29(24)36-33(37-31)43-27-8-6-7-22-20-39(5-2)14-12-23(22)27/h4,6-11,13,19H,1,5,12,14-18,20H2,2-3H3,(H,35,38). The van der Waals surface area contributed by atoms with Crippen molar-refractivity contribution >= 4 is 33.5 Å². The van der Waals surface area contributed by atoms with Gasteiger partial charge in [-0.05, 0) is 55.3 Å². The second kappa shape index (κ2) is 11.6. The number of piperazine rings is 1. The summed E-state index contributed by atoms with van der Waals surface area (Å²) in [4.78, 5) is 33.1. The van der Waals surface area contributed by atoms with Crippen LogP contribution in [-0.4, -0.2) is 80.1 Å². The van der Waals surface area contributed by atoms with E-state index in [2.05, 4.69) is 44.6 Å². The largest absolute Gasteiger partial charge is 0.436 e. The molecule has 5 aromatic rings. The maximum absolute atomic E-state index is 12.3. The molecule has 44 heavy (non-hydrogen) atoms. The Kier molecular flexibility index (Phi) is 7.31. The van der Waals surface area contributed by atoms with Crippen molar-refractivity contribution < 1.29 is 14.3 Å². The number of rotatable bonds is 7. The first-order chi connectivity index (χ1) is 21.5. The number of carbonyl (C=O) groups is 1. The van der Waals surface area contributed by atoms with Gasteiger partial charge in [0.2, 0.25) is 11.8 Å². The average molecular weight is 591 g/mol. The number of nitrogens with one attached hydrogen (secondary N) is 1. The maximum Gasteiger partial charge on any atom is 0.324 e. The first-order valence-electron chi connectivity index (χ1n) is 15.0. The highest BCUT2D eigenvalue weighted by molar-refractivity contribution is 5.94. The molecule has 11 heteroatoms. The first kappa shape index (κ1) is 27.8. The number of nitrogens with zero attached hydrogens (tertiary/aromatic N) is 7. The molecule has 0 aliphatic carbocycles. The Bertz CT molecular complexity index is 1880. The summed E-state index contributed by atoms with van der Waals surface area (Å²) < 4.78 is 13.0. The van der Waals surface area contributed by atoms with Gasteiger partial charge in [-0.3, -0.25) is 14.8 Å². The number of likely N-dealkylation sites (N-methyl/N-ethyl adjacent to an activating group) is 1. The zero-order chi connectivity index (χ0) is 30.2. The predicted molar refractivity (Wildman–Crippen MR) is 168 cm³/mol. The zero-order valence-electron chi connectivity index (χ0n) is 24.9. The van der Waals surface area contributed by atoms with Crippen molar-refractivity contribution in [2.75, 3.05) is 44.2 Å². The van der Waals surface area contributed by atoms with E-state index in [1.54, 1.807) is 17.3 Å². The van der Waals surface area contributed by atoms with E-state index in [9.17, 15) is 4.79 Å². The Balaban J connectivity index is 1.31. The topological polar surface area (TPSA) is 113 Å². The van der Waals surface area contributed by atoms with Crippen LogP contribution in [0, 0.1) is 6.92 Å². The molecule has 2 aromatic carbocycles. The molecule has 0 unspecified atom stereocenters. The number of benzene rings is 2. The minimum Gasteiger partial charge on any atom is -0.436 e. The van der Waals surface area contributed by atoms with Gasteiger partial charge in [-0.2, -0.15) is 15.1 Å². The zero-order valence-corrected chi connectivity index (χ0v) is 24.9. The third kappa shape index (κ3) is 5.09. The summed E-state index contributed by atoms with van der Waals surface area (Å²) in [6.45, 7) is 13.0. The fourth-order valence-corrected chi connectivity index (χ4v) is 6.05. The molecule has 2 aliphatic heterocycles. The molecular weight excluding hydrogens is 556 g/mol. The number of aromatic amines is 1. The molecule has 11 nitrogen and oxygen atoms in total. The highest BCUT2D eigenvalue weighted by atomic mass is 16.5. The molecule has 5 heterocycles. The van der Waals surface area contributed by atoms with Crippen molar-refractivity contribution in [1.82, 2.24) is 34.9 Å². The van der Waals surface area contributed by atoms with Crippen LogP contribution in [-0.2, 0) is 17.8 Å². The Labute approximate surface area is 255 Å². The second-order valence-corrected chi connectivity index (χ2v) is 11.1. The van der Waals surface area contributed by atoms with E-state index in [4.69, 9.17) is 19.4 Å². The number of carbonyl (C=O) groups excluding carboxylic acids is 1. The van der Waals surface area contributed by atoms with Crippen LogP contribution in [0.1, 0.15) is 23.6 Å². The minimum atomic E-state index is -0.0691. The molecule has 3 aromatic heterocycles. The summed E-state index contributed by atoms with van der Waals surface area (Å²) in [5, 5.41) is 8.85. The third-order valence-electron chi connectivity index (χ3n) is 8.53. The first-order valence-corrected chi connectivity index (χ1v) is 15.0. The van der Waals surface area contributed by atoms with E-state index >= 15 is 0 Å². The van der Waals surface area contributed by atoms with E-state index in [1.165, 1.54) is 17.2 Å². The minimum absolute atomic E-state index is 0.0691. The monoisotopic (exact) mass is 590 g/mol. The number of aromatic nitrogens is 5. The number of hydrogen-bond acceptors (Lipinski definition) is 9. The van der Waals surface area contributed by atoms with Crippen LogP contribution in [0.15, 0.2) is 61.4 Å². The Hall–Kier alpha value is -5.03. The average Bonchev–Trinajstić information content (AvgIpc) is 3.55. The van der Waals surface area contributed by atoms with Crippen LogP contribution < -0.4 is 14.4 Å². The van der Waals surface area contributed by atoms with Gasteiger partial charge in [-0.25, -0.2) is 4.98 Å². The molecule has 1 saturated heterocycles. The van der Waals surface area contributed by atoms with Gasteiger partial charge in [0.15, 0.2) is 0 Å². The van der Waals surface area contributed by atoms with Gasteiger partial charge in [0, 0.05) is 51.0 Å². The van der Waals surface area contributed by atoms with Gasteiger partial charge >= 0.3 is 6.01 Å². The van der Waals surface area contributed by atoms with Crippen LogP contribution in [0.2, 0.25) is 0 Å². The van der Waals surface area contributed by atoms with Crippen molar-refractivity contribution in [3.05, 3.63) is 78.1 Å². The molecule has 224 valence electrons. The maximum atomic E-state index is 12.3. The molecule has 1 fully saturated rings. The molecular formula is C33H34N8O3. The molecule has 0 bridgehead atoms. The lowest BCUT2D eigenvalue weighted by Crippen LogP contribution is -2.48. The number of anilines is 1. The summed E-state index contributed by atoms with van der Waals surface area (Å²) >= 11 is 0. The van der Waals surface area contributed by atoms with Crippen molar-refractivity contribution in [2.45, 2.75) is 26.8 Å². The van der Waals surface area contributed by atoms with Crippen molar-refractivity contribution in [3.8, 4) is 23.4 Å². The quantitative estimate of drug-likeness (QED) is 0.262. The number of hydrogen-bond donors (Lipinski definition) is 1. The summed E-state index contributed by atoms with van der Waals surface area (Å²) in [6.07, 6.45) is 5.71. The van der Waals surface area contributed by atoms with E-state index < -0.39 is 0 Å². The van der Waals surface area contributed by atoms with Gasteiger partial charge in [-0.1, -0.05) is 31.7 Å². The van der Waals surface area contributed by atoms with E-state index in [0.717, 1.165) is 53.7 Å².